The molecule has 0 nitrogen and oxygen atoms in total. The van der Waals surface area contributed by atoms with E-state index in [1.807, 2.05) is 0 Å². The first-order chi connectivity index (χ1) is 16.2. The van der Waals surface area contributed by atoms with Crippen LogP contribution in [0.4, 0.5) is 0 Å². The van der Waals surface area contributed by atoms with Crippen LogP contribution in [0, 0.1) is 11.8 Å². The first-order valence-electron chi connectivity index (χ1n) is 16.2. The number of unbranched alkanes of at least 4 members (excludes halogenated alkanes) is 20. The van der Waals surface area contributed by atoms with Crippen LogP contribution in [0.2, 0.25) is 0 Å². The topological polar surface area (TPSA) is 0 Å². The fraction of sp³-hybridized carbons (Fsp3) is 1.00. The molecule has 2 unspecified atom stereocenters. The van der Waals surface area contributed by atoms with Crippen LogP contribution in [0.1, 0.15) is 201 Å². The fourth-order valence-corrected chi connectivity index (χ4v) is 5.41. The number of hydrogen-bond acceptors (Lipinski definition) is 0. The zero-order chi connectivity index (χ0) is 24.2. The summed E-state index contributed by atoms with van der Waals surface area (Å²) in [6.07, 6.45) is 39.6. The molecule has 33 heavy (non-hydrogen) atoms. The summed E-state index contributed by atoms with van der Waals surface area (Å²) in [6.45, 7) is 9.58. The molecule has 0 radical (unpaired) electrons. The van der Waals surface area contributed by atoms with Crippen molar-refractivity contribution in [1.29, 1.82) is 0 Å². The van der Waals surface area contributed by atoms with Crippen molar-refractivity contribution >= 4 is 0 Å². The van der Waals surface area contributed by atoms with E-state index in [0.717, 1.165) is 11.8 Å². The third-order valence-electron chi connectivity index (χ3n) is 7.99. The van der Waals surface area contributed by atoms with E-state index in [4.69, 9.17) is 0 Å². The summed E-state index contributed by atoms with van der Waals surface area (Å²) in [6, 6.07) is 0. The van der Waals surface area contributed by atoms with Crippen LogP contribution in [-0.2, 0) is 0 Å². The van der Waals surface area contributed by atoms with E-state index >= 15 is 0 Å². The second-order valence-electron chi connectivity index (χ2n) is 11.8. The third kappa shape index (κ3) is 28.1. The molecule has 0 heteroatoms. The van der Waals surface area contributed by atoms with Gasteiger partial charge in [-0.2, -0.15) is 0 Å². The third-order valence-corrected chi connectivity index (χ3v) is 7.99. The zero-order valence-corrected chi connectivity index (χ0v) is 24.2. The quantitative estimate of drug-likeness (QED) is 0.101. The Morgan fingerprint density at radius 3 is 0.697 bits per heavy atom. The second-order valence-corrected chi connectivity index (χ2v) is 11.8. The van der Waals surface area contributed by atoms with Gasteiger partial charge in [-0.25, -0.2) is 0 Å². The largest absolute Gasteiger partial charge is 0.0654 e. The highest BCUT2D eigenvalue weighted by molar-refractivity contribution is 4.57. The molecule has 0 aromatic heterocycles. The standard InChI is InChI=1S/C33H68/c1-5-7-9-11-21-25-29-33(4)31-27-23-20-18-16-14-12-13-15-17-19-22-26-30-32(3)28-24-10-8-6-2/h32-33H,5-31H2,1-4H3. The van der Waals surface area contributed by atoms with Gasteiger partial charge in [-0.3, -0.25) is 0 Å². The summed E-state index contributed by atoms with van der Waals surface area (Å²) in [5, 5.41) is 0. The van der Waals surface area contributed by atoms with Crippen LogP contribution < -0.4 is 0 Å². The second kappa shape index (κ2) is 28.2. The lowest BCUT2D eigenvalue weighted by molar-refractivity contribution is 0.429. The van der Waals surface area contributed by atoms with Crippen molar-refractivity contribution in [2.75, 3.05) is 0 Å². The van der Waals surface area contributed by atoms with Gasteiger partial charge in [0.2, 0.25) is 0 Å². The average molecular weight is 465 g/mol. The fourth-order valence-electron chi connectivity index (χ4n) is 5.41. The molecule has 0 aliphatic carbocycles. The molecule has 200 valence electrons. The van der Waals surface area contributed by atoms with Crippen molar-refractivity contribution < 1.29 is 0 Å². The van der Waals surface area contributed by atoms with Gasteiger partial charge in [0.1, 0.15) is 0 Å². The van der Waals surface area contributed by atoms with Crippen molar-refractivity contribution in [3.8, 4) is 0 Å². The maximum absolute atomic E-state index is 2.49. The van der Waals surface area contributed by atoms with Crippen LogP contribution in [0.3, 0.4) is 0 Å². The lowest BCUT2D eigenvalue weighted by atomic mass is 9.95. The Balaban J connectivity index is 3.16. The van der Waals surface area contributed by atoms with Crippen molar-refractivity contribution in [3.05, 3.63) is 0 Å². The molecule has 0 aromatic rings. The van der Waals surface area contributed by atoms with Gasteiger partial charge in [-0.15, -0.1) is 0 Å². The molecule has 0 saturated heterocycles. The molecule has 0 N–H and O–H groups in total. The normalized spacial score (nSPS) is 13.5. The lowest BCUT2D eigenvalue weighted by Crippen LogP contribution is -1.95. The predicted octanol–water partition coefficient (Wildman–Crippen LogP) is 12.8. The van der Waals surface area contributed by atoms with Gasteiger partial charge in [0.15, 0.2) is 0 Å². The average Bonchev–Trinajstić information content (AvgIpc) is 2.81. The van der Waals surface area contributed by atoms with Crippen molar-refractivity contribution in [1.82, 2.24) is 0 Å². The number of hydrogen-bond donors (Lipinski definition) is 0. The maximum Gasteiger partial charge on any atom is -0.0443 e. The lowest BCUT2D eigenvalue weighted by Gasteiger charge is -2.11. The molecule has 0 rings (SSSR count). The van der Waals surface area contributed by atoms with E-state index in [0.29, 0.717) is 0 Å². The highest BCUT2D eigenvalue weighted by Crippen LogP contribution is 2.20. The first kappa shape index (κ1) is 33.0. The van der Waals surface area contributed by atoms with Gasteiger partial charge >= 0.3 is 0 Å². The van der Waals surface area contributed by atoms with Crippen LogP contribution in [0.5, 0.6) is 0 Å². The van der Waals surface area contributed by atoms with Crippen molar-refractivity contribution in [2.24, 2.45) is 11.8 Å². The smallest absolute Gasteiger partial charge is 0.0443 e. The van der Waals surface area contributed by atoms with Crippen LogP contribution >= 0.6 is 0 Å². The van der Waals surface area contributed by atoms with E-state index in [1.165, 1.54) is 173 Å². The Hall–Kier alpha value is 0. The molecule has 2 atom stereocenters. The molecule has 0 spiro atoms. The summed E-state index contributed by atoms with van der Waals surface area (Å²) in [7, 11) is 0. The van der Waals surface area contributed by atoms with Gasteiger partial charge < -0.3 is 0 Å². The molecule has 0 saturated carbocycles. The molecule has 0 aliphatic rings. The van der Waals surface area contributed by atoms with E-state index in [2.05, 4.69) is 27.7 Å². The highest BCUT2D eigenvalue weighted by Gasteiger charge is 2.03. The van der Waals surface area contributed by atoms with Crippen LogP contribution in [0.25, 0.3) is 0 Å². The molecule has 0 bridgehead atoms. The SMILES string of the molecule is CCCCCCCCC(C)CCCCCCCCCCCCCCCC(C)CCCCCC. The van der Waals surface area contributed by atoms with Crippen LogP contribution in [-0.4, -0.2) is 0 Å². The summed E-state index contributed by atoms with van der Waals surface area (Å²) in [5.41, 5.74) is 0. The highest BCUT2D eigenvalue weighted by atomic mass is 14.1. The Labute approximate surface area is 212 Å². The minimum atomic E-state index is 0.968. The molecule has 0 amide bonds. The monoisotopic (exact) mass is 465 g/mol. The Morgan fingerprint density at radius 2 is 0.455 bits per heavy atom. The molecule has 0 aliphatic heterocycles. The van der Waals surface area contributed by atoms with Gasteiger partial charge in [0.05, 0.1) is 0 Å². The van der Waals surface area contributed by atoms with Gasteiger partial charge in [-0.1, -0.05) is 201 Å². The minimum Gasteiger partial charge on any atom is -0.0654 e. The van der Waals surface area contributed by atoms with Crippen molar-refractivity contribution in [3.63, 3.8) is 0 Å². The summed E-state index contributed by atoms with van der Waals surface area (Å²) in [4.78, 5) is 0. The van der Waals surface area contributed by atoms with E-state index in [9.17, 15) is 0 Å². The minimum absolute atomic E-state index is 0.968. The summed E-state index contributed by atoms with van der Waals surface area (Å²) >= 11 is 0. The van der Waals surface area contributed by atoms with Crippen LogP contribution in [0.15, 0.2) is 0 Å². The molecule has 0 heterocycles. The summed E-state index contributed by atoms with van der Waals surface area (Å²) < 4.78 is 0. The molecular formula is C33H68. The maximum atomic E-state index is 2.49. The van der Waals surface area contributed by atoms with Crippen molar-refractivity contribution in [2.45, 2.75) is 201 Å². The van der Waals surface area contributed by atoms with Gasteiger partial charge in [-0.05, 0) is 11.8 Å². The number of rotatable bonds is 28. The van der Waals surface area contributed by atoms with E-state index < -0.39 is 0 Å². The Morgan fingerprint density at radius 1 is 0.273 bits per heavy atom. The Kier molecular flexibility index (Phi) is 28.2. The molecular weight excluding hydrogens is 396 g/mol. The van der Waals surface area contributed by atoms with E-state index in [1.54, 1.807) is 0 Å². The Bertz CT molecular complexity index is 333. The van der Waals surface area contributed by atoms with E-state index in [-0.39, 0.29) is 0 Å². The molecule has 0 aromatic carbocycles. The predicted molar refractivity (Wildman–Crippen MR) is 154 cm³/mol. The molecule has 0 fully saturated rings. The zero-order valence-electron chi connectivity index (χ0n) is 24.2. The first-order valence-corrected chi connectivity index (χ1v) is 16.2. The van der Waals surface area contributed by atoms with Gasteiger partial charge in [0, 0.05) is 0 Å². The summed E-state index contributed by atoms with van der Waals surface area (Å²) in [5.74, 6) is 1.94. The van der Waals surface area contributed by atoms with Gasteiger partial charge in [0.25, 0.3) is 0 Å².